The Kier molecular flexibility index (Phi) is 6.92. The number of piperidine rings is 1. The maximum Gasteiger partial charge on any atom is 0.416 e. The first kappa shape index (κ1) is 25.5. The fraction of sp³-hybridized carbons (Fsp3) is 0.320. The van der Waals surface area contributed by atoms with Gasteiger partial charge in [-0.25, -0.2) is 0 Å². The molecule has 0 spiro atoms. The van der Waals surface area contributed by atoms with E-state index in [9.17, 15) is 31.1 Å². The molecule has 0 radical (unpaired) electrons. The Balaban J connectivity index is 1.54. The molecule has 4 rings (SSSR count). The SMILES string of the molecule is CC1CCN(c2ccc(-c3cccc(NC(=O)c4cc(C(F)(F)F)cc(C(F)(F)F)c4)c3)nn2)CC1. The summed E-state index contributed by atoms with van der Waals surface area (Å²) >= 11 is 0. The minimum absolute atomic E-state index is 0.0236. The highest BCUT2D eigenvalue weighted by Crippen LogP contribution is 2.36. The number of nitrogens with zero attached hydrogens (tertiary/aromatic N) is 3. The fourth-order valence-electron chi connectivity index (χ4n) is 3.93. The van der Waals surface area contributed by atoms with Crippen LogP contribution in [0.4, 0.5) is 37.8 Å². The van der Waals surface area contributed by atoms with Crippen LogP contribution in [0.15, 0.2) is 54.6 Å². The molecule has 190 valence electrons. The number of alkyl halides is 6. The lowest BCUT2D eigenvalue weighted by atomic mass is 9.99. The molecule has 1 aromatic heterocycles. The van der Waals surface area contributed by atoms with Crippen molar-refractivity contribution in [3.8, 4) is 11.3 Å². The lowest BCUT2D eigenvalue weighted by molar-refractivity contribution is -0.143. The summed E-state index contributed by atoms with van der Waals surface area (Å²) in [6, 6.07) is 10.6. The average Bonchev–Trinajstić information content (AvgIpc) is 2.83. The second kappa shape index (κ2) is 9.79. The zero-order chi connectivity index (χ0) is 26.1. The molecule has 1 aliphatic rings. The van der Waals surface area contributed by atoms with E-state index in [0.717, 1.165) is 31.7 Å². The summed E-state index contributed by atoms with van der Waals surface area (Å²) in [7, 11) is 0. The van der Waals surface area contributed by atoms with Crippen molar-refractivity contribution in [2.24, 2.45) is 5.92 Å². The molecule has 2 heterocycles. The Hall–Kier alpha value is -3.63. The summed E-state index contributed by atoms with van der Waals surface area (Å²) in [6.45, 7) is 3.99. The van der Waals surface area contributed by atoms with Crippen LogP contribution in [0.1, 0.15) is 41.3 Å². The number of aromatic nitrogens is 2. The number of carbonyl (C=O) groups excluding carboxylic acids is 1. The molecule has 3 aromatic rings. The maximum absolute atomic E-state index is 13.1. The molecule has 1 N–H and O–H groups in total. The van der Waals surface area contributed by atoms with Crippen molar-refractivity contribution in [3.05, 3.63) is 71.3 Å². The Morgan fingerprint density at radius 3 is 2.08 bits per heavy atom. The monoisotopic (exact) mass is 508 g/mol. The molecule has 0 aliphatic carbocycles. The zero-order valence-electron chi connectivity index (χ0n) is 19.1. The molecule has 1 aliphatic heterocycles. The van der Waals surface area contributed by atoms with Gasteiger partial charge >= 0.3 is 12.4 Å². The summed E-state index contributed by atoms with van der Waals surface area (Å²) in [5.41, 5.74) is -2.63. The topological polar surface area (TPSA) is 58.1 Å². The second-order valence-electron chi connectivity index (χ2n) is 8.78. The smallest absolute Gasteiger partial charge is 0.355 e. The van der Waals surface area contributed by atoms with Crippen molar-refractivity contribution >= 4 is 17.4 Å². The van der Waals surface area contributed by atoms with E-state index in [1.807, 2.05) is 6.07 Å². The number of amides is 1. The van der Waals surface area contributed by atoms with Crippen LogP contribution in [0.25, 0.3) is 11.3 Å². The molecule has 0 saturated carbocycles. The van der Waals surface area contributed by atoms with Gasteiger partial charge in [-0.05, 0) is 61.2 Å². The van der Waals surface area contributed by atoms with Crippen LogP contribution in [0.2, 0.25) is 0 Å². The van der Waals surface area contributed by atoms with E-state index in [2.05, 4.69) is 27.3 Å². The molecule has 5 nitrogen and oxygen atoms in total. The molecule has 0 bridgehead atoms. The van der Waals surface area contributed by atoms with Crippen LogP contribution in [0, 0.1) is 5.92 Å². The quantitative estimate of drug-likeness (QED) is 0.400. The molecule has 1 saturated heterocycles. The Morgan fingerprint density at radius 1 is 0.889 bits per heavy atom. The third-order valence-electron chi connectivity index (χ3n) is 6.02. The van der Waals surface area contributed by atoms with E-state index in [-0.39, 0.29) is 11.8 Å². The molecule has 11 heteroatoms. The number of anilines is 2. The van der Waals surface area contributed by atoms with Crippen LogP contribution in [-0.2, 0) is 12.4 Å². The van der Waals surface area contributed by atoms with Crippen molar-refractivity contribution < 1.29 is 31.1 Å². The van der Waals surface area contributed by atoms with Crippen LogP contribution < -0.4 is 10.2 Å². The van der Waals surface area contributed by atoms with E-state index in [1.54, 1.807) is 18.2 Å². The summed E-state index contributed by atoms with van der Waals surface area (Å²) in [5.74, 6) is 0.312. The predicted molar refractivity (Wildman–Crippen MR) is 122 cm³/mol. The lowest BCUT2D eigenvalue weighted by Crippen LogP contribution is -2.33. The molecule has 1 fully saturated rings. The first-order valence-corrected chi connectivity index (χ1v) is 11.2. The van der Waals surface area contributed by atoms with Gasteiger partial charge < -0.3 is 10.2 Å². The number of nitrogens with one attached hydrogen (secondary N) is 1. The molecule has 1 amide bonds. The summed E-state index contributed by atoms with van der Waals surface area (Å²) in [4.78, 5) is 14.7. The van der Waals surface area contributed by atoms with Gasteiger partial charge in [0.2, 0.25) is 0 Å². The largest absolute Gasteiger partial charge is 0.416 e. The first-order valence-electron chi connectivity index (χ1n) is 11.2. The number of halogens is 6. The highest BCUT2D eigenvalue weighted by atomic mass is 19.4. The predicted octanol–water partition coefficient (Wildman–Crippen LogP) is 6.67. The molecule has 0 unspecified atom stereocenters. The van der Waals surface area contributed by atoms with Crippen LogP contribution in [0.5, 0.6) is 0 Å². The van der Waals surface area contributed by atoms with Crippen molar-refractivity contribution in [2.75, 3.05) is 23.3 Å². The van der Waals surface area contributed by atoms with Gasteiger partial charge in [-0.1, -0.05) is 19.1 Å². The van der Waals surface area contributed by atoms with Gasteiger partial charge in [-0.3, -0.25) is 4.79 Å². The molecule has 0 atom stereocenters. The lowest BCUT2D eigenvalue weighted by Gasteiger charge is -2.30. The van der Waals surface area contributed by atoms with Crippen LogP contribution >= 0.6 is 0 Å². The highest BCUT2D eigenvalue weighted by molar-refractivity contribution is 6.04. The van der Waals surface area contributed by atoms with Gasteiger partial charge in [0.25, 0.3) is 5.91 Å². The van der Waals surface area contributed by atoms with Crippen molar-refractivity contribution in [3.63, 3.8) is 0 Å². The van der Waals surface area contributed by atoms with Crippen molar-refractivity contribution in [1.29, 1.82) is 0 Å². The normalized spacial score (nSPS) is 15.1. The maximum atomic E-state index is 13.1. The fourth-order valence-corrected chi connectivity index (χ4v) is 3.93. The van der Waals surface area contributed by atoms with Gasteiger partial charge in [-0.2, -0.15) is 26.3 Å². The van der Waals surface area contributed by atoms with Gasteiger partial charge in [-0.15, -0.1) is 10.2 Å². The Labute approximate surface area is 203 Å². The van der Waals surface area contributed by atoms with Crippen LogP contribution in [0.3, 0.4) is 0 Å². The molecule has 2 aromatic carbocycles. The number of benzene rings is 2. The van der Waals surface area contributed by atoms with Gasteiger partial charge in [0.15, 0.2) is 5.82 Å². The van der Waals surface area contributed by atoms with E-state index in [1.165, 1.54) is 12.1 Å². The van der Waals surface area contributed by atoms with E-state index in [0.29, 0.717) is 29.3 Å². The van der Waals surface area contributed by atoms with Gasteiger partial charge in [0.05, 0.1) is 16.8 Å². The number of hydrogen-bond donors (Lipinski definition) is 1. The van der Waals surface area contributed by atoms with Gasteiger partial charge in [0, 0.05) is 29.9 Å². The Morgan fingerprint density at radius 2 is 1.53 bits per heavy atom. The molecular weight excluding hydrogens is 486 g/mol. The zero-order valence-corrected chi connectivity index (χ0v) is 19.1. The number of hydrogen-bond acceptors (Lipinski definition) is 4. The summed E-state index contributed by atoms with van der Waals surface area (Å²) in [5, 5.41) is 10.9. The number of rotatable bonds is 4. The Bertz CT molecular complexity index is 1200. The third-order valence-corrected chi connectivity index (χ3v) is 6.02. The summed E-state index contributed by atoms with van der Waals surface area (Å²) < 4.78 is 78.7. The van der Waals surface area contributed by atoms with E-state index >= 15 is 0 Å². The molecule has 36 heavy (non-hydrogen) atoms. The average molecular weight is 508 g/mol. The van der Waals surface area contributed by atoms with Crippen molar-refractivity contribution in [1.82, 2.24) is 10.2 Å². The van der Waals surface area contributed by atoms with E-state index in [4.69, 9.17) is 0 Å². The minimum Gasteiger partial charge on any atom is -0.355 e. The van der Waals surface area contributed by atoms with E-state index < -0.39 is 35.0 Å². The van der Waals surface area contributed by atoms with Crippen LogP contribution in [-0.4, -0.2) is 29.2 Å². The highest BCUT2D eigenvalue weighted by Gasteiger charge is 2.37. The summed E-state index contributed by atoms with van der Waals surface area (Å²) in [6.07, 6.45) is -7.95. The third kappa shape index (κ3) is 5.95. The first-order chi connectivity index (χ1) is 16.9. The van der Waals surface area contributed by atoms with Gasteiger partial charge in [0.1, 0.15) is 0 Å². The second-order valence-corrected chi connectivity index (χ2v) is 8.78. The standard InChI is InChI=1S/C25H22F6N4O/c1-15-7-9-35(10-8-15)22-6-5-21(33-34-22)16-3-2-4-20(13-16)32-23(36)17-11-18(24(26,27)28)14-19(12-17)25(29,30)31/h2-6,11-15H,7-10H2,1H3,(H,32,36). The minimum atomic E-state index is -5.05. The number of carbonyl (C=O) groups is 1. The van der Waals surface area contributed by atoms with Crippen molar-refractivity contribution in [2.45, 2.75) is 32.1 Å². The molecular formula is C25H22F6N4O.